The summed E-state index contributed by atoms with van der Waals surface area (Å²) in [5, 5.41) is 18.5. The van der Waals surface area contributed by atoms with Crippen molar-refractivity contribution in [2.24, 2.45) is 0 Å². The number of hydrogen-bond acceptors (Lipinski definition) is 9. The number of aliphatic carboxylic acids is 2. The van der Waals surface area contributed by atoms with Gasteiger partial charge >= 0.3 is 31.7 Å². The zero-order valence-corrected chi connectivity index (χ0v) is 32.9. The van der Waals surface area contributed by atoms with Crippen LogP contribution in [0, 0.1) is 6.92 Å². The van der Waals surface area contributed by atoms with E-state index in [1.807, 2.05) is 32.0 Å². The van der Waals surface area contributed by atoms with Gasteiger partial charge in [0.05, 0.1) is 39.7 Å². The molecule has 0 fully saturated rings. The van der Waals surface area contributed by atoms with E-state index in [1.54, 1.807) is 4.90 Å². The molecule has 0 aromatic heterocycles. The first-order chi connectivity index (χ1) is 25.6. The molecule has 3 aromatic rings. The zero-order valence-electron chi connectivity index (χ0n) is 29.7. The molecule has 0 spiro atoms. The summed E-state index contributed by atoms with van der Waals surface area (Å²) >= 11 is 17.4. The molecule has 0 aliphatic heterocycles. The van der Waals surface area contributed by atoms with Crippen LogP contribution >= 0.6 is 42.4 Å². The molecule has 0 bridgehead atoms. The Morgan fingerprint density at radius 2 is 1.64 bits per heavy atom. The van der Waals surface area contributed by atoms with Crippen LogP contribution in [0.4, 0.5) is 18.9 Å². The number of carbonyl (C=O) groups excluding carboxylic acids is 2. The topological polar surface area (TPSA) is 209 Å². The van der Waals surface area contributed by atoms with Gasteiger partial charge in [-0.1, -0.05) is 48.3 Å². The third-order valence-corrected chi connectivity index (χ3v) is 8.17. The fourth-order valence-electron chi connectivity index (χ4n) is 4.10. The maximum Gasteiger partial charge on any atom is 0.416 e. The van der Waals surface area contributed by atoms with Crippen molar-refractivity contribution in [3.05, 3.63) is 86.9 Å². The highest BCUT2D eigenvalue weighted by molar-refractivity contribution is 7.51. The number of benzene rings is 3. The van der Waals surface area contributed by atoms with Gasteiger partial charge in [0.15, 0.2) is 6.10 Å². The van der Waals surface area contributed by atoms with Crippen LogP contribution in [0.5, 0.6) is 11.5 Å². The van der Waals surface area contributed by atoms with Crippen molar-refractivity contribution in [1.29, 1.82) is 0 Å². The summed E-state index contributed by atoms with van der Waals surface area (Å²) < 4.78 is 63.5. The number of anilines is 1. The van der Waals surface area contributed by atoms with Gasteiger partial charge in [-0.3, -0.25) is 24.4 Å². The number of carboxylic acid groups (broad SMARTS) is 2. The highest BCUT2D eigenvalue weighted by Crippen LogP contribution is 2.37. The molecule has 14 nitrogen and oxygen atoms in total. The minimum Gasteiger partial charge on any atom is -0.480 e. The Morgan fingerprint density at radius 3 is 2.15 bits per heavy atom. The molecule has 1 atom stereocenters. The van der Waals surface area contributed by atoms with Crippen molar-refractivity contribution >= 4 is 71.9 Å². The smallest absolute Gasteiger partial charge is 0.416 e. The first kappa shape index (κ1) is 49.1. The lowest BCUT2D eigenvalue weighted by atomic mass is 10.0. The van der Waals surface area contributed by atoms with Gasteiger partial charge in [-0.25, -0.2) is 9.59 Å². The molecule has 0 aliphatic rings. The molecule has 0 saturated heterocycles. The number of nitrogens with zero attached hydrogens (tertiary/aromatic N) is 1. The number of para-hydroxylation sites is 1. The summed E-state index contributed by atoms with van der Waals surface area (Å²) in [6.07, 6.45) is -5.68. The highest BCUT2D eigenvalue weighted by atomic mass is 35.5. The number of carbonyl (C=O) groups is 4. The predicted molar refractivity (Wildman–Crippen MR) is 198 cm³/mol. The number of hydrogen-bond donors (Lipinski definition) is 5. The average Bonchev–Trinajstić information content (AvgIpc) is 3.09. The molecular weight excluding hydrogens is 823 g/mol. The Morgan fingerprint density at radius 1 is 0.982 bits per heavy atom. The van der Waals surface area contributed by atoms with Crippen LogP contribution in [0.3, 0.4) is 0 Å². The first-order valence-corrected chi connectivity index (χ1v) is 18.9. The quantitative estimate of drug-likeness (QED) is 0.0439. The van der Waals surface area contributed by atoms with Crippen molar-refractivity contribution in [3.8, 4) is 11.5 Å². The molecule has 0 saturated carbocycles. The summed E-state index contributed by atoms with van der Waals surface area (Å²) in [7, 11) is -4.10. The Labute approximate surface area is 329 Å². The second kappa shape index (κ2) is 23.2. The van der Waals surface area contributed by atoms with E-state index in [2.05, 4.69) is 12.2 Å². The summed E-state index contributed by atoms with van der Waals surface area (Å²) in [6, 6.07) is 12.4. The van der Waals surface area contributed by atoms with E-state index in [0.717, 1.165) is 48.4 Å². The Balaban J connectivity index is 0.000000464. The van der Waals surface area contributed by atoms with Crippen molar-refractivity contribution < 1.29 is 71.1 Å². The summed E-state index contributed by atoms with van der Waals surface area (Å²) in [4.78, 5) is 62.5. The summed E-state index contributed by atoms with van der Waals surface area (Å²) in [5.74, 6) is -3.70. The zero-order chi connectivity index (χ0) is 42.1. The number of nitrogens with one attached hydrogen (secondary N) is 1. The lowest BCUT2D eigenvalue weighted by molar-refractivity contribution is -0.146. The van der Waals surface area contributed by atoms with Crippen molar-refractivity contribution in [2.75, 3.05) is 36.9 Å². The average molecular weight is 862 g/mol. The molecule has 0 aliphatic carbocycles. The monoisotopic (exact) mass is 860 g/mol. The second-order valence-corrected chi connectivity index (χ2v) is 13.7. The summed E-state index contributed by atoms with van der Waals surface area (Å²) in [5.41, 5.74) is 2.01. The van der Waals surface area contributed by atoms with E-state index in [1.165, 1.54) is 12.1 Å². The largest absolute Gasteiger partial charge is 0.480 e. The van der Waals surface area contributed by atoms with Gasteiger partial charge in [-0.15, -0.1) is 11.6 Å². The number of alkyl halides is 4. The summed E-state index contributed by atoms with van der Waals surface area (Å²) in [6.45, 7) is 7.51. The Kier molecular flexibility index (Phi) is 20.7. The normalized spacial score (nSPS) is 11.6. The van der Waals surface area contributed by atoms with Crippen LogP contribution in [0.1, 0.15) is 47.8 Å². The van der Waals surface area contributed by atoms with Gasteiger partial charge in [0, 0.05) is 6.61 Å². The van der Waals surface area contributed by atoms with E-state index in [4.69, 9.17) is 69.0 Å². The van der Waals surface area contributed by atoms with Crippen molar-refractivity contribution in [3.63, 3.8) is 0 Å². The van der Waals surface area contributed by atoms with Crippen LogP contribution in [-0.4, -0.2) is 82.0 Å². The molecule has 5 N–H and O–H groups in total. The van der Waals surface area contributed by atoms with Crippen LogP contribution in [0.2, 0.25) is 10.0 Å². The van der Waals surface area contributed by atoms with E-state index < -0.39 is 56.2 Å². The van der Waals surface area contributed by atoms with Gasteiger partial charge in [0.2, 0.25) is 5.91 Å². The number of esters is 1. The van der Waals surface area contributed by atoms with E-state index in [9.17, 15) is 36.9 Å². The maximum absolute atomic E-state index is 12.7. The molecule has 0 heterocycles. The molecule has 21 heteroatoms. The number of amides is 1. The Bertz CT molecular complexity index is 1830. The molecule has 3 rings (SSSR count). The number of ether oxygens (including phenoxy) is 3. The molecule has 0 radical (unpaired) electrons. The first-order valence-electron chi connectivity index (χ1n) is 15.8. The van der Waals surface area contributed by atoms with Crippen molar-refractivity contribution in [2.45, 2.75) is 46.4 Å². The third kappa shape index (κ3) is 17.6. The number of carboxylic acids is 2. The predicted octanol–water partition coefficient (Wildman–Crippen LogP) is 7.35. The molecular formula is C34H39Cl3F3N2O12P. The molecule has 304 valence electrons. The molecule has 1 amide bonds. The highest BCUT2D eigenvalue weighted by Gasteiger charge is 2.31. The fraction of sp³-hybridized carbons (Fsp3) is 0.353. The Hall–Kier alpha value is -3.93. The van der Waals surface area contributed by atoms with E-state index >= 15 is 0 Å². The van der Waals surface area contributed by atoms with Gasteiger partial charge < -0.3 is 34.2 Å². The number of halogens is 6. The van der Waals surface area contributed by atoms with Crippen LogP contribution in [0.15, 0.2) is 54.6 Å². The third-order valence-electron chi connectivity index (χ3n) is 6.68. The minimum absolute atomic E-state index is 0.0246. The number of aryl methyl sites for hydroxylation is 2. The van der Waals surface area contributed by atoms with E-state index in [0.29, 0.717) is 12.7 Å². The number of rotatable bonds is 15. The molecule has 0 unspecified atom stereocenters. The lowest BCUT2D eigenvalue weighted by Crippen LogP contribution is -2.35. The van der Waals surface area contributed by atoms with Crippen LogP contribution in [0.25, 0.3) is 0 Å². The second-order valence-electron chi connectivity index (χ2n) is 10.9. The SMILES string of the molecule is CCOCN(C(=O)CCl)c1c(C)cccc1CC.C[C@H](OC(=O)c1cc(Oc2ccc(C(F)(F)F)cc2Cl)ccc1Cl)C(=O)O.O=C(O)CNCP(=O)(O)O. The standard InChI is InChI=1S/C17H11Cl2F3O5.C14H20ClNO2.C3H8NO5P/c1-8(15(23)24)26-16(25)11-7-10(3-4-12(11)18)27-14-5-2-9(6-13(14)19)17(20,21)22;1-4-12-8-6-7-11(3)14(12)16(10-18-5-2)13(17)9-15;5-3(6)1-4-2-10(7,8)9/h2-8H,1H3,(H,23,24);6-8H,4-5,9-10H2,1-3H3;4H,1-2H2,(H,5,6)(H2,7,8,9)/t8-;;/m0../s1. The molecule has 3 aromatic carbocycles. The van der Waals surface area contributed by atoms with Gasteiger partial charge in [0.25, 0.3) is 0 Å². The minimum atomic E-state index is -4.56. The fourth-order valence-corrected chi connectivity index (χ4v) is 5.06. The van der Waals surface area contributed by atoms with Crippen LogP contribution < -0.4 is 15.0 Å². The van der Waals surface area contributed by atoms with Gasteiger partial charge in [-0.2, -0.15) is 13.2 Å². The van der Waals surface area contributed by atoms with Crippen LogP contribution in [-0.2, 0) is 41.0 Å². The lowest BCUT2D eigenvalue weighted by Gasteiger charge is -2.25. The van der Waals surface area contributed by atoms with Gasteiger partial charge in [-0.05, 0) is 74.7 Å². The van der Waals surface area contributed by atoms with Gasteiger partial charge in [0.1, 0.15) is 24.1 Å². The van der Waals surface area contributed by atoms with Crippen molar-refractivity contribution in [1.82, 2.24) is 5.32 Å². The molecule has 55 heavy (non-hydrogen) atoms. The van der Waals surface area contributed by atoms with E-state index in [-0.39, 0.29) is 45.6 Å². The maximum atomic E-state index is 12.7.